The predicted octanol–water partition coefficient (Wildman–Crippen LogP) is 7.31. The summed E-state index contributed by atoms with van der Waals surface area (Å²) >= 11 is 6.36. The lowest BCUT2D eigenvalue weighted by Gasteiger charge is -2.10. The van der Waals surface area contributed by atoms with Crippen LogP contribution in [-0.4, -0.2) is 17.5 Å². The first-order valence-electron chi connectivity index (χ1n) is 10.7. The van der Waals surface area contributed by atoms with Crippen molar-refractivity contribution in [2.75, 3.05) is 11.9 Å². The number of carbonyl (C=O) groups is 1. The average molecular weight is 449 g/mol. The van der Waals surface area contributed by atoms with Gasteiger partial charge >= 0.3 is 0 Å². The zero-order valence-corrected chi connectivity index (χ0v) is 19.1. The molecule has 0 saturated carbocycles. The summed E-state index contributed by atoms with van der Waals surface area (Å²) in [6.45, 7) is 6.79. The summed E-state index contributed by atoms with van der Waals surface area (Å²) in [5, 5.41) is 3.30. The van der Waals surface area contributed by atoms with Crippen LogP contribution in [0.5, 0.6) is 5.75 Å². The number of anilines is 1. The van der Waals surface area contributed by atoms with Gasteiger partial charge in [-0.15, -0.1) is 0 Å². The van der Waals surface area contributed by atoms with Crippen LogP contribution in [0.1, 0.15) is 49.0 Å². The molecule has 4 rings (SSSR count). The highest BCUT2D eigenvalue weighted by Gasteiger charge is 2.15. The number of rotatable bonds is 7. The van der Waals surface area contributed by atoms with Gasteiger partial charge in [-0.25, -0.2) is 4.98 Å². The van der Waals surface area contributed by atoms with E-state index in [1.165, 1.54) is 5.56 Å². The van der Waals surface area contributed by atoms with Crippen molar-refractivity contribution >= 4 is 34.3 Å². The maximum Gasteiger partial charge on any atom is 0.255 e. The summed E-state index contributed by atoms with van der Waals surface area (Å²) in [4.78, 5) is 17.4. The second-order valence-corrected chi connectivity index (χ2v) is 8.07. The number of hydrogen-bond acceptors (Lipinski definition) is 4. The molecule has 0 aliphatic carbocycles. The number of ether oxygens (including phenoxy) is 1. The fourth-order valence-electron chi connectivity index (χ4n) is 3.45. The number of nitrogens with zero attached hydrogens (tertiary/aromatic N) is 1. The van der Waals surface area contributed by atoms with Gasteiger partial charge in [-0.05, 0) is 73.4 Å². The highest BCUT2D eigenvalue weighted by atomic mass is 35.5. The van der Waals surface area contributed by atoms with Crippen molar-refractivity contribution in [3.8, 4) is 17.2 Å². The normalized spacial score (nSPS) is 12.0. The molecule has 0 aliphatic heterocycles. The summed E-state index contributed by atoms with van der Waals surface area (Å²) in [5.41, 5.74) is 4.47. The highest BCUT2D eigenvalue weighted by molar-refractivity contribution is 6.34. The van der Waals surface area contributed by atoms with Gasteiger partial charge in [0, 0.05) is 11.1 Å². The molecule has 1 amide bonds. The molecule has 1 atom stereocenters. The van der Waals surface area contributed by atoms with Crippen LogP contribution in [0.25, 0.3) is 22.6 Å². The zero-order valence-electron chi connectivity index (χ0n) is 18.3. The van der Waals surface area contributed by atoms with Gasteiger partial charge in [0.2, 0.25) is 5.89 Å². The first-order valence-corrected chi connectivity index (χ1v) is 11.1. The lowest BCUT2D eigenvalue weighted by Crippen LogP contribution is -2.12. The summed E-state index contributed by atoms with van der Waals surface area (Å²) in [5.74, 6) is 1.30. The van der Waals surface area contributed by atoms with E-state index in [4.69, 9.17) is 20.8 Å². The third-order valence-electron chi connectivity index (χ3n) is 5.46. The number of hydrogen-bond donors (Lipinski definition) is 1. The number of nitrogens with one attached hydrogen (secondary N) is 1. The molecule has 0 bridgehead atoms. The van der Waals surface area contributed by atoms with Gasteiger partial charge in [-0.2, -0.15) is 0 Å². The minimum absolute atomic E-state index is 0.277. The second kappa shape index (κ2) is 9.45. The van der Waals surface area contributed by atoms with Crippen LogP contribution in [0.4, 0.5) is 5.69 Å². The first kappa shape index (κ1) is 21.9. The van der Waals surface area contributed by atoms with E-state index >= 15 is 0 Å². The molecule has 32 heavy (non-hydrogen) atoms. The summed E-state index contributed by atoms with van der Waals surface area (Å²) in [7, 11) is 0. The molecule has 1 N–H and O–H groups in total. The number of amides is 1. The lowest BCUT2D eigenvalue weighted by molar-refractivity contribution is 0.102. The average Bonchev–Trinajstić information content (AvgIpc) is 3.23. The smallest absolute Gasteiger partial charge is 0.255 e. The fourth-order valence-corrected chi connectivity index (χ4v) is 3.62. The van der Waals surface area contributed by atoms with E-state index in [9.17, 15) is 4.79 Å². The Morgan fingerprint density at radius 1 is 1.12 bits per heavy atom. The zero-order chi connectivity index (χ0) is 22.7. The SMILES string of the molecule is CCOc1cccc(C(=O)Nc2cc(-c3nc4cc([C@@H](C)CC)ccc4o3)ccc2Cl)c1. The van der Waals surface area contributed by atoms with Crippen LogP contribution in [0.2, 0.25) is 5.02 Å². The molecule has 6 heteroatoms. The Balaban J connectivity index is 1.61. The van der Waals surface area contributed by atoms with Gasteiger partial charge in [-0.3, -0.25) is 4.79 Å². The molecule has 1 aromatic heterocycles. The van der Waals surface area contributed by atoms with E-state index in [1.54, 1.807) is 30.3 Å². The first-order chi connectivity index (χ1) is 15.5. The molecule has 0 fully saturated rings. The largest absolute Gasteiger partial charge is 0.494 e. The van der Waals surface area contributed by atoms with Crippen LogP contribution in [0, 0.1) is 0 Å². The molecular formula is C26H25ClN2O3. The van der Waals surface area contributed by atoms with Crippen LogP contribution in [-0.2, 0) is 0 Å². The molecule has 0 unspecified atom stereocenters. The van der Waals surface area contributed by atoms with E-state index in [1.807, 2.05) is 25.1 Å². The van der Waals surface area contributed by atoms with E-state index in [-0.39, 0.29) is 5.91 Å². The van der Waals surface area contributed by atoms with Crippen LogP contribution in [0.3, 0.4) is 0 Å². The van der Waals surface area contributed by atoms with Gasteiger partial charge in [0.1, 0.15) is 11.3 Å². The van der Waals surface area contributed by atoms with Crippen LogP contribution >= 0.6 is 11.6 Å². The van der Waals surface area contributed by atoms with Crippen molar-refractivity contribution in [1.29, 1.82) is 0 Å². The molecule has 4 aromatic rings. The summed E-state index contributed by atoms with van der Waals surface area (Å²) in [6, 6.07) is 18.5. The number of fused-ring (bicyclic) bond motifs is 1. The van der Waals surface area contributed by atoms with Crippen LogP contribution in [0.15, 0.2) is 65.1 Å². The highest BCUT2D eigenvalue weighted by Crippen LogP contribution is 2.32. The Morgan fingerprint density at radius 3 is 2.75 bits per heavy atom. The standard InChI is InChI=1S/C26H25ClN2O3/c1-4-16(3)17-10-12-24-23(14-17)29-26(32-24)19-9-11-21(27)22(15-19)28-25(30)18-7-6-8-20(13-18)31-5-2/h6-16H,4-5H2,1-3H3,(H,28,30)/t16-/m0/s1. The van der Waals surface area contributed by atoms with Crippen molar-refractivity contribution < 1.29 is 13.9 Å². The van der Waals surface area contributed by atoms with Crippen molar-refractivity contribution in [3.05, 3.63) is 76.8 Å². The molecular weight excluding hydrogens is 424 g/mol. The predicted molar refractivity (Wildman–Crippen MR) is 129 cm³/mol. The maximum absolute atomic E-state index is 12.8. The Morgan fingerprint density at radius 2 is 1.97 bits per heavy atom. The molecule has 0 radical (unpaired) electrons. The number of carbonyl (C=O) groups excluding carboxylic acids is 1. The molecule has 3 aromatic carbocycles. The molecule has 0 aliphatic rings. The third-order valence-corrected chi connectivity index (χ3v) is 5.79. The van der Waals surface area contributed by atoms with E-state index in [0.717, 1.165) is 23.1 Å². The Labute approximate surface area is 192 Å². The molecule has 164 valence electrons. The second-order valence-electron chi connectivity index (χ2n) is 7.67. The maximum atomic E-state index is 12.8. The van der Waals surface area contributed by atoms with Gasteiger partial charge in [0.25, 0.3) is 5.91 Å². The molecule has 5 nitrogen and oxygen atoms in total. The van der Waals surface area contributed by atoms with Crippen molar-refractivity contribution in [3.63, 3.8) is 0 Å². The van der Waals surface area contributed by atoms with Crippen LogP contribution < -0.4 is 10.1 Å². The minimum atomic E-state index is -0.277. The number of oxazole rings is 1. The minimum Gasteiger partial charge on any atom is -0.494 e. The number of benzene rings is 3. The lowest BCUT2D eigenvalue weighted by atomic mass is 9.98. The van der Waals surface area contributed by atoms with Crippen molar-refractivity contribution in [1.82, 2.24) is 4.98 Å². The van der Waals surface area contributed by atoms with Crippen molar-refractivity contribution in [2.45, 2.75) is 33.1 Å². The summed E-state index contributed by atoms with van der Waals surface area (Å²) < 4.78 is 11.4. The third kappa shape index (κ3) is 4.63. The topological polar surface area (TPSA) is 64.4 Å². The van der Waals surface area contributed by atoms with E-state index < -0.39 is 0 Å². The van der Waals surface area contributed by atoms with Gasteiger partial charge in [0.15, 0.2) is 5.58 Å². The van der Waals surface area contributed by atoms with E-state index in [0.29, 0.717) is 40.4 Å². The molecule has 0 saturated heterocycles. The van der Waals surface area contributed by atoms with Crippen molar-refractivity contribution in [2.24, 2.45) is 0 Å². The molecule has 1 heterocycles. The monoisotopic (exact) mass is 448 g/mol. The Bertz CT molecular complexity index is 1270. The number of halogens is 1. The fraction of sp³-hybridized carbons (Fsp3) is 0.231. The van der Waals surface area contributed by atoms with E-state index in [2.05, 4.69) is 36.3 Å². The van der Waals surface area contributed by atoms with Gasteiger partial charge < -0.3 is 14.5 Å². The van der Waals surface area contributed by atoms with Gasteiger partial charge in [0.05, 0.1) is 17.3 Å². The number of aromatic nitrogens is 1. The Kier molecular flexibility index (Phi) is 6.47. The quantitative estimate of drug-likeness (QED) is 0.322. The summed E-state index contributed by atoms with van der Waals surface area (Å²) in [6.07, 6.45) is 1.06. The molecule has 0 spiro atoms. The Hall–Kier alpha value is -3.31. The van der Waals surface area contributed by atoms with Gasteiger partial charge in [-0.1, -0.05) is 37.6 Å².